The van der Waals surface area contributed by atoms with Gasteiger partial charge in [-0.15, -0.1) is 0 Å². The van der Waals surface area contributed by atoms with Crippen molar-refractivity contribution in [3.63, 3.8) is 0 Å². The molecule has 0 aromatic carbocycles. The van der Waals surface area contributed by atoms with Gasteiger partial charge in [0.15, 0.2) is 5.96 Å². The molecule has 2 fully saturated rings. The molecule has 1 atom stereocenters. The first-order chi connectivity index (χ1) is 7.59. The Bertz CT molecular complexity index is 268. The molecule has 92 valence electrons. The van der Waals surface area contributed by atoms with Crippen LogP contribution in [-0.2, 0) is 0 Å². The minimum absolute atomic E-state index is 0.450. The quantitative estimate of drug-likeness (QED) is 0.576. The molecule has 0 spiro atoms. The summed E-state index contributed by atoms with van der Waals surface area (Å²) in [6, 6.07) is 0. The highest BCUT2D eigenvalue weighted by molar-refractivity contribution is 5.78. The Morgan fingerprint density at radius 3 is 2.75 bits per heavy atom. The van der Waals surface area contributed by atoms with Gasteiger partial charge in [0, 0.05) is 19.6 Å². The molecule has 2 aliphatic rings. The Balaban J connectivity index is 1.85. The lowest BCUT2D eigenvalue weighted by Crippen LogP contribution is -2.44. The average molecular weight is 223 g/mol. The number of aliphatic imine (C=N–C) groups is 1. The number of rotatable bonds is 2. The first kappa shape index (κ1) is 11.7. The number of hydrogen-bond acceptors (Lipinski definition) is 1. The largest absolute Gasteiger partial charge is 0.370 e. The predicted molar refractivity (Wildman–Crippen MR) is 68.4 cm³/mol. The van der Waals surface area contributed by atoms with Gasteiger partial charge in [0.25, 0.3) is 0 Å². The topological polar surface area (TPSA) is 41.6 Å². The third-order valence-electron chi connectivity index (χ3n) is 4.16. The fourth-order valence-electron chi connectivity index (χ4n) is 2.71. The van der Waals surface area contributed by atoms with E-state index in [0.717, 1.165) is 31.5 Å². The summed E-state index contributed by atoms with van der Waals surface area (Å²) in [4.78, 5) is 6.86. The van der Waals surface area contributed by atoms with Crippen molar-refractivity contribution in [1.82, 2.24) is 4.90 Å². The summed E-state index contributed by atoms with van der Waals surface area (Å²) in [5.41, 5.74) is 6.52. The minimum atomic E-state index is 0.450. The summed E-state index contributed by atoms with van der Waals surface area (Å²) in [5.74, 6) is 1.54. The van der Waals surface area contributed by atoms with Gasteiger partial charge in [-0.2, -0.15) is 0 Å². The lowest BCUT2D eigenvalue weighted by Gasteiger charge is -2.37. The van der Waals surface area contributed by atoms with Crippen LogP contribution in [0.5, 0.6) is 0 Å². The highest BCUT2D eigenvalue weighted by atomic mass is 15.3. The summed E-state index contributed by atoms with van der Waals surface area (Å²) >= 11 is 0. The Kier molecular flexibility index (Phi) is 3.41. The molecule has 3 nitrogen and oxygen atoms in total. The van der Waals surface area contributed by atoms with Crippen molar-refractivity contribution in [1.29, 1.82) is 0 Å². The lowest BCUT2D eigenvalue weighted by molar-refractivity contribution is 0.172. The van der Waals surface area contributed by atoms with Gasteiger partial charge < -0.3 is 10.6 Å². The standard InChI is InChI=1S/C13H25N3/c1-11-5-3-8-16(9-11)12(14)15-10-13(2)6-4-7-13/h11H,3-10H2,1-2H3,(H2,14,15). The zero-order valence-electron chi connectivity index (χ0n) is 10.7. The lowest BCUT2D eigenvalue weighted by atomic mass is 9.71. The maximum Gasteiger partial charge on any atom is 0.191 e. The van der Waals surface area contributed by atoms with Crippen molar-refractivity contribution >= 4 is 5.96 Å². The first-order valence-electron chi connectivity index (χ1n) is 6.64. The average Bonchev–Trinajstić information content (AvgIpc) is 2.23. The van der Waals surface area contributed by atoms with Gasteiger partial charge in [-0.25, -0.2) is 0 Å². The molecule has 1 heterocycles. The minimum Gasteiger partial charge on any atom is -0.370 e. The monoisotopic (exact) mass is 223 g/mol. The van der Waals surface area contributed by atoms with E-state index in [4.69, 9.17) is 5.73 Å². The van der Waals surface area contributed by atoms with Crippen molar-refractivity contribution in [2.75, 3.05) is 19.6 Å². The zero-order valence-corrected chi connectivity index (χ0v) is 10.7. The van der Waals surface area contributed by atoms with E-state index in [-0.39, 0.29) is 0 Å². The number of piperidine rings is 1. The predicted octanol–water partition coefficient (Wildman–Crippen LogP) is 2.22. The third-order valence-corrected chi connectivity index (χ3v) is 4.16. The van der Waals surface area contributed by atoms with Crippen LogP contribution in [0.4, 0.5) is 0 Å². The van der Waals surface area contributed by atoms with Crippen LogP contribution in [0, 0.1) is 11.3 Å². The second-order valence-corrected chi connectivity index (χ2v) is 6.03. The first-order valence-corrected chi connectivity index (χ1v) is 6.64. The molecular formula is C13H25N3. The summed E-state index contributed by atoms with van der Waals surface area (Å²) < 4.78 is 0. The molecule has 0 amide bonds. The summed E-state index contributed by atoms with van der Waals surface area (Å²) in [7, 11) is 0. The smallest absolute Gasteiger partial charge is 0.191 e. The number of hydrogen-bond donors (Lipinski definition) is 1. The van der Waals surface area contributed by atoms with E-state index in [9.17, 15) is 0 Å². The molecule has 0 bridgehead atoms. The van der Waals surface area contributed by atoms with Crippen LogP contribution >= 0.6 is 0 Å². The molecule has 1 unspecified atom stereocenters. The highest BCUT2D eigenvalue weighted by Crippen LogP contribution is 2.40. The van der Waals surface area contributed by atoms with E-state index < -0.39 is 0 Å². The summed E-state index contributed by atoms with van der Waals surface area (Å²) in [6.07, 6.45) is 6.60. The maximum absolute atomic E-state index is 6.07. The second-order valence-electron chi connectivity index (χ2n) is 6.03. The molecule has 1 aliphatic carbocycles. The molecule has 16 heavy (non-hydrogen) atoms. The number of nitrogens with two attached hydrogens (primary N) is 1. The van der Waals surface area contributed by atoms with E-state index in [1.54, 1.807) is 0 Å². The normalized spacial score (nSPS) is 30.0. The van der Waals surface area contributed by atoms with Crippen LogP contribution in [-0.4, -0.2) is 30.5 Å². The molecule has 0 aromatic heterocycles. The SMILES string of the molecule is CC1CCCN(C(N)=NCC2(C)CCC2)C1. The molecule has 3 heteroatoms. The van der Waals surface area contributed by atoms with Crippen LogP contribution in [0.15, 0.2) is 4.99 Å². The van der Waals surface area contributed by atoms with Crippen molar-refractivity contribution in [3.05, 3.63) is 0 Å². The maximum atomic E-state index is 6.07. The van der Waals surface area contributed by atoms with E-state index >= 15 is 0 Å². The van der Waals surface area contributed by atoms with Gasteiger partial charge in [0.05, 0.1) is 0 Å². The Morgan fingerprint density at radius 1 is 1.44 bits per heavy atom. The molecule has 1 aliphatic heterocycles. The van der Waals surface area contributed by atoms with E-state index in [2.05, 4.69) is 23.7 Å². The Hall–Kier alpha value is -0.730. The van der Waals surface area contributed by atoms with Crippen LogP contribution in [0.2, 0.25) is 0 Å². The van der Waals surface area contributed by atoms with E-state index in [1.165, 1.54) is 32.1 Å². The van der Waals surface area contributed by atoms with Crippen LogP contribution in [0.3, 0.4) is 0 Å². The fraction of sp³-hybridized carbons (Fsp3) is 0.923. The van der Waals surface area contributed by atoms with Gasteiger partial charge in [-0.3, -0.25) is 4.99 Å². The van der Waals surface area contributed by atoms with Gasteiger partial charge >= 0.3 is 0 Å². The van der Waals surface area contributed by atoms with Gasteiger partial charge in [0.1, 0.15) is 0 Å². The number of guanidine groups is 1. The molecule has 2 rings (SSSR count). The van der Waals surface area contributed by atoms with E-state index in [1.807, 2.05) is 0 Å². The van der Waals surface area contributed by atoms with Gasteiger partial charge in [0.2, 0.25) is 0 Å². The Labute approximate surface area is 99.1 Å². The second kappa shape index (κ2) is 4.64. The summed E-state index contributed by atoms with van der Waals surface area (Å²) in [5, 5.41) is 0. The number of likely N-dealkylation sites (tertiary alicyclic amines) is 1. The van der Waals surface area contributed by atoms with E-state index in [0.29, 0.717) is 5.41 Å². The highest BCUT2D eigenvalue weighted by Gasteiger charge is 2.31. The molecule has 1 saturated heterocycles. The third kappa shape index (κ3) is 2.69. The molecule has 0 aromatic rings. The van der Waals surface area contributed by atoms with Gasteiger partial charge in [-0.05, 0) is 37.0 Å². The fourth-order valence-corrected chi connectivity index (χ4v) is 2.71. The molecular weight excluding hydrogens is 198 g/mol. The van der Waals surface area contributed by atoms with Crippen molar-refractivity contribution in [2.45, 2.75) is 46.0 Å². The van der Waals surface area contributed by atoms with Crippen molar-refractivity contribution < 1.29 is 0 Å². The Morgan fingerprint density at radius 2 is 2.19 bits per heavy atom. The van der Waals surface area contributed by atoms with Crippen LogP contribution in [0.1, 0.15) is 46.0 Å². The molecule has 1 saturated carbocycles. The summed E-state index contributed by atoms with van der Waals surface area (Å²) in [6.45, 7) is 7.73. The van der Waals surface area contributed by atoms with Crippen LogP contribution < -0.4 is 5.73 Å². The van der Waals surface area contributed by atoms with Gasteiger partial charge in [-0.1, -0.05) is 20.3 Å². The van der Waals surface area contributed by atoms with Crippen LogP contribution in [0.25, 0.3) is 0 Å². The molecule has 0 radical (unpaired) electrons. The van der Waals surface area contributed by atoms with Crippen molar-refractivity contribution in [3.8, 4) is 0 Å². The zero-order chi connectivity index (χ0) is 11.6. The molecule has 2 N–H and O–H groups in total. The van der Waals surface area contributed by atoms with Crippen molar-refractivity contribution in [2.24, 2.45) is 22.1 Å². The number of nitrogens with zero attached hydrogens (tertiary/aromatic N) is 2.